The number of carbonyl (C=O) groups excluding carboxylic acids is 2. The summed E-state index contributed by atoms with van der Waals surface area (Å²) in [6.45, 7) is 9.74. The van der Waals surface area contributed by atoms with E-state index < -0.39 is 0 Å². The Balaban J connectivity index is 1.29. The average Bonchev–Trinajstić information content (AvgIpc) is 3.11. The van der Waals surface area contributed by atoms with Crippen molar-refractivity contribution in [2.45, 2.75) is 45.8 Å². The van der Waals surface area contributed by atoms with Crippen molar-refractivity contribution in [2.24, 2.45) is 17.3 Å². The van der Waals surface area contributed by atoms with Gasteiger partial charge in [-0.3, -0.25) is 14.5 Å². The lowest BCUT2D eigenvalue weighted by Crippen LogP contribution is -2.53. The summed E-state index contributed by atoms with van der Waals surface area (Å²) in [5.74, 6) is 0.842. The Hall–Kier alpha value is -2.60. The van der Waals surface area contributed by atoms with Crippen LogP contribution in [0.5, 0.6) is 5.75 Å². The van der Waals surface area contributed by atoms with E-state index in [2.05, 4.69) is 35.8 Å². The first-order valence-electron chi connectivity index (χ1n) is 12.1. The molecule has 0 amide bonds. The minimum Gasteiger partial charge on any atom is -0.497 e. The second-order valence-electron chi connectivity index (χ2n) is 10.3. The zero-order valence-corrected chi connectivity index (χ0v) is 20.0. The van der Waals surface area contributed by atoms with Crippen LogP contribution in [0.15, 0.2) is 47.6 Å². The van der Waals surface area contributed by atoms with Crippen molar-refractivity contribution in [3.63, 3.8) is 0 Å². The van der Waals surface area contributed by atoms with Gasteiger partial charge in [-0.25, -0.2) is 0 Å². The van der Waals surface area contributed by atoms with E-state index in [1.165, 1.54) is 5.69 Å². The van der Waals surface area contributed by atoms with E-state index in [1.54, 1.807) is 13.2 Å². The standard InChI is InChI=1S/C27H34N2O4/c1-17-15-28(12-13-29(17)19-6-5-7-20(14-19)32-4)16-22-21-8-10-27(3)11-9-23(30)18(2)24(27)25(21)33-26(22)31/h5-7,9,11,14,17,21-22,25H,8,10,12-13,15-16H2,1-4H3/t17-,21-,22+,25-,27-/m0/s1. The highest BCUT2D eigenvalue weighted by Gasteiger charge is 2.54. The minimum atomic E-state index is -0.259. The number of nitrogens with zero attached hydrogens (tertiary/aromatic N) is 2. The molecule has 2 aliphatic heterocycles. The molecule has 3 fully saturated rings. The molecule has 0 spiro atoms. The maximum absolute atomic E-state index is 13.0. The predicted octanol–water partition coefficient (Wildman–Crippen LogP) is 3.62. The molecule has 0 radical (unpaired) electrons. The number of benzene rings is 1. The van der Waals surface area contributed by atoms with E-state index in [-0.39, 0.29) is 35.1 Å². The van der Waals surface area contributed by atoms with Crippen LogP contribution in [-0.4, -0.2) is 62.1 Å². The Kier molecular flexibility index (Phi) is 5.60. The average molecular weight is 451 g/mol. The lowest BCUT2D eigenvalue weighted by atomic mass is 9.61. The normalized spacial score (nSPS) is 34.2. The van der Waals surface area contributed by atoms with Crippen LogP contribution in [-0.2, 0) is 14.3 Å². The molecule has 4 aliphatic rings. The zero-order valence-electron chi connectivity index (χ0n) is 20.0. The number of esters is 1. The summed E-state index contributed by atoms with van der Waals surface area (Å²) in [6.07, 6.45) is 5.36. The van der Waals surface area contributed by atoms with E-state index in [9.17, 15) is 9.59 Å². The number of hydrogen-bond acceptors (Lipinski definition) is 6. The maximum Gasteiger partial charge on any atom is 0.311 e. The third-order valence-electron chi connectivity index (χ3n) is 8.28. The molecule has 1 aromatic carbocycles. The molecule has 6 nitrogen and oxygen atoms in total. The molecule has 1 saturated carbocycles. The van der Waals surface area contributed by atoms with Crippen molar-refractivity contribution >= 4 is 17.4 Å². The first kappa shape index (κ1) is 22.2. The summed E-state index contributed by atoms with van der Waals surface area (Å²) in [7, 11) is 1.69. The molecule has 0 aromatic heterocycles. The smallest absolute Gasteiger partial charge is 0.311 e. The highest BCUT2D eigenvalue weighted by molar-refractivity contribution is 6.05. The molecule has 0 bridgehead atoms. The van der Waals surface area contributed by atoms with Crippen LogP contribution in [0.25, 0.3) is 0 Å². The molecule has 6 heteroatoms. The molecular weight excluding hydrogens is 416 g/mol. The van der Waals surface area contributed by atoms with Gasteiger partial charge in [-0.15, -0.1) is 0 Å². The lowest BCUT2D eigenvalue weighted by molar-refractivity contribution is -0.144. The number of fused-ring (bicyclic) bond motifs is 3. The number of piperazine rings is 1. The van der Waals surface area contributed by atoms with E-state index >= 15 is 0 Å². The lowest BCUT2D eigenvalue weighted by Gasteiger charge is -2.44. The molecule has 5 rings (SSSR count). The second-order valence-corrected chi connectivity index (χ2v) is 10.3. The van der Waals surface area contributed by atoms with Gasteiger partial charge in [0.2, 0.25) is 0 Å². The van der Waals surface area contributed by atoms with Crippen molar-refractivity contribution in [1.29, 1.82) is 0 Å². The fraction of sp³-hybridized carbons (Fsp3) is 0.556. The predicted molar refractivity (Wildman–Crippen MR) is 127 cm³/mol. The number of carbonyl (C=O) groups is 2. The number of allylic oxidation sites excluding steroid dienone is 3. The number of hydrogen-bond donors (Lipinski definition) is 0. The summed E-state index contributed by atoms with van der Waals surface area (Å²) >= 11 is 0. The van der Waals surface area contributed by atoms with E-state index in [0.717, 1.165) is 55.9 Å². The van der Waals surface area contributed by atoms with Gasteiger partial charge in [-0.1, -0.05) is 19.1 Å². The van der Waals surface area contributed by atoms with Gasteiger partial charge in [0.15, 0.2) is 5.78 Å². The molecule has 0 N–H and O–H groups in total. The summed E-state index contributed by atoms with van der Waals surface area (Å²) in [5.41, 5.74) is 2.80. The Morgan fingerprint density at radius 3 is 2.82 bits per heavy atom. The van der Waals surface area contributed by atoms with Crippen molar-refractivity contribution in [2.75, 3.05) is 38.2 Å². The van der Waals surface area contributed by atoms with Crippen LogP contribution >= 0.6 is 0 Å². The second kappa shape index (κ2) is 8.32. The third-order valence-corrected chi connectivity index (χ3v) is 8.28. The number of anilines is 1. The van der Waals surface area contributed by atoms with Crippen molar-refractivity contribution in [3.05, 3.63) is 47.6 Å². The first-order valence-corrected chi connectivity index (χ1v) is 12.1. The van der Waals surface area contributed by atoms with Crippen molar-refractivity contribution in [3.8, 4) is 5.75 Å². The molecule has 2 aliphatic carbocycles. The van der Waals surface area contributed by atoms with Gasteiger partial charge in [0.1, 0.15) is 11.9 Å². The van der Waals surface area contributed by atoms with Crippen LogP contribution in [0.3, 0.4) is 0 Å². The molecule has 1 aromatic rings. The third kappa shape index (κ3) is 3.78. The van der Waals surface area contributed by atoms with Gasteiger partial charge in [-0.2, -0.15) is 0 Å². The van der Waals surface area contributed by atoms with Gasteiger partial charge in [0.25, 0.3) is 0 Å². The number of ether oxygens (including phenoxy) is 2. The van der Waals surface area contributed by atoms with E-state index in [1.807, 2.05) is 25.1 Å². The fourth-order valence-corrected chi connectivity index (χ4v) is 6.43. The summed E-state index contributed by atoms with van der Waals surface area (Å²) in [5, 5.41) is 0. The van der Waals surface area contributed by atoms with Crippen molar-refractivity contribution in [1.82, 2.24) is 4.90 Å². The SMILES string of the molecule is COc1cccc(N2CCN(C[C@H]3C(=O)O[C@@H]4C5=C(C)C(=O)C=C[C@]5(C)CC[C@H]43)C[C@@H]2C)c1. The van der Waals surface area contributed by atoms with Crippen LogP contribution < -0.4 is 9.64 Å². The highest BCUT2D eigenvalue weighted by atomic mass is 16.6. The van der Waals surface area contributed by atoms with Crippen molar-refractivity contribution < 1.29 is 19.1 Å². The maximum atomic E-state index is 13.0. The largest absolute Gasteiger partial charge is 0.497 e. The Morgan fingerprint density at radius 1 is 1.24 bits per heavy atom. The molecule has 2 heterocycles. The Labute approximate surface area is 196 Å². The monoisotopic (exact) mass is 450 g/mol. The fourth-order valence-electron chi connectivity index (χ4n) is 6.43. The highest BCUT2D eigenvalue weighted by Crippen LogP contribution is 2.53. The summed E-state index contributed by atoms with van der Waals surface area (Å²) in [6, 6.07) is 8.54. The van der Waals surface area contributed by atoms with Gasteiger partial charge >= 0.3 is 5.97 Å². The molecule has 33 heavy (non-hydrogen) atoms. The van der Waals surface area contributed by atoms with Crippen LogP contribution in [0.2, 0.25) is 0 Å². The number of methoxy groups -OCH3 is 1. The van der Waals surface area contributed by atoms with Crippen LogP contribution in [0.4, 0.5) is 5.69 Å². The number of rotatable bonds is 4. The Morgan fingerprint density at radius 2 is 2.06 bits per heavy atom. The first-order chi connectivity index (χ1) is 15.8. The van der Waals surface area contributed by atoms with Gasteiger partial charge < -0.3 is 14.4 Å². The molecular formula is C27H34N2O4. The molecule has 5 atom stereocenters. The quantitative estimate of drug-likeness (QED) is 0.653. The van der Waals surface area contributed by atoms with Gasteiger partial charge in [0.05, 0.1) is 13.0 Å². The van der Waals surface area contributed by atoms with E-state index in [0.29, 0.717) is 6.04 Å². The van der Waals surface area contributed by atoms with E-state index in [4.69, 9.17) is 9.47 Å². The van der Waals surface area contributed by atoms with Crippen LogP contribution in [0.1, 0.15) is 33.6 Å². The molecule has 0 unspecified atom stereocenters. The topological polar surface area (TPSA) is 59.1 Å². The van der Waals surface area contributed by atoms with Gasteiger partial charge in [-0.05, 0) is 50.5 Å². The summed E-state index contributed by atoms with van der Waals surface area (Å²) in [4.78, 5) is 30.2. The molecule has 176 valence electrons. The minimum absolute atomic E-state index is 0.0464. The summed E-state index contributed by atoms with van der Waals surface area (Å²) < 4.78 is 11.4. The van der Waals surface area contributed by atoms with Crippen LogP contribution in [0, 0.1) is 17.3 Å². The molecule has 2 saturated heterocycles. The van der Waals surface area contributed by atoms with Gasteiger partial charge in [0, 0.05) is 60.9 Å². The number of ketones is 1. The Bertz CT molecular complexity index is 1030. The zero-order chi connectivity index (χ0) is 23.3.